The Balaban J connectivity index is 2.93. The van der Waals surface area contributed by atoms with E-state index in [-0.39, 0.29) is 18.0 Å². The van der Waals surface area contributed by atoms with Gasteiger partial charge in [-0.1, -0.05) is 13.0 Å². The molecule has 2 N–H and O–H groups in total. The Labute approximate surface area is 129 Å². The van der Waals surface area contributed by atoms with Crippen LogP contribution in [0.15, 0.2) is 18.2 Å². The fourth-order valence-corrected chi connectivity index (χ4v) is 2.55. The number of nitrogens with zero attached hydrogens (tertiary/aromatic N) is 1. The van der Waals surface area contributed by atoms with E-state index in [1.807, 2.05) is 13.2 Å². The first-order valence-electron chi connectivity index (χ1n) is 6.76. The van der Waals surface area contributed by atoms with E-state index in [2.05, 4.69) is 5.32 Å². The molecule has 1 aromatic rings. The van der Waals surface area contributed by atoms with Crippen LogP contribution < -0.4 is 10.1 Å². The number of hydrogen-bond acceptors (Lipinski definition) is 6. The Morgan fingerprint density at radius 1 is 1.52 bits per heavy atom. The molecular weight excluding hydrogens is 292 g/mol. The minimum Gasteiger partial charge on any atom is -0.487 e. The number of nitro groups is 1. The lowest BCUT2D eigenvalue weighted by atomic mass is 10.1. The summed E-state index contributed by atoms with van der Waals surface area (Å²) in [5.41, 5.74) is -0.672. The number of rotatable bonds is 9. The minimum atomic E-state index is -0.937. The summed E-state index contributed by atoms with van der Waals surface area (Å²) in [4.78, 5) is 10.8. The number of benzene rings is 1. The Morgan fingerprint density at radius 3 is 2.81 bits per heavy atom. The molecule has 7 heteroatoms. The van der Waals surface area contributed by atoms with E-state index in [4.69, 9.17) is 4.74 Å². The average molecular weight is 314 g/mol. The molecule has 0 saturated carbocycles. The van der Waals surface area contributed by atoms with Gasteiger partial charge in [0.2, 0.25) is 0 Å². The Morgan fingerprint density at radius 2 is 2.24 bits per heavy atom. The summed E-state index contributed by atoms with van der Waals surface area (Å²) >= 11 is 1.52. The van der Waals surface area contributed by atoms with Crippen LogP contribution in [0, 0.1) is 10.1 Å². The van der Waals surface area contributed by atoms with Crippen molar-refractivity contribution >= 4 is 23.1 Å². The van der Waals surface area contributed by atoms with Gasteiger partial charge in [-0.25, -0.2) is 0 Å². The molecule has 0 radical (unpaired) electrons. The van der Waals surface area contributed by atoms with Crippen molar-refractivity contribution in [3.05, 3.63) is 28.3 Å². The van der Waals surface area contributed by atoms with Crippen molar-refractivity contribution in [2.24, 2.45) is 0 Å². The molecule has 118 valence electrons. The minimum absolute atomic E-state index is 0.0918. The van der Waals surface area contributed by atoms with Gasteiger partial charge in [0.25, 0.3) is 0 Å². The average Bonchev–Trinajstić information content (AvgIpc) is 2.42. The van der Waals surface area contributed by atoms with Crippen molar-refractivity contribution in [1.29, 1.82) is 0 Å². The van der Waals surface area contributed by atoms with Gasteiger partial charge in [-0.3, -0.25) is 10.1 Å². The van der Waals surface area contributed by atoms with Crippen LogP contribution in [-0.2, 0) is 0 Å². The highest BCUT2D eigenvalue weighted by Crippen LogP contribution is 2.35. The monoisotopic (exact) mass is 314 g/mol. The van der Waals surface area contributed by atoms with Gasteiger partial charge >= 0.3 is 5.69 Å². The van der Waals surface area contributed by atoms with Crippen molar-refractivity contribution in [1.82, 2.24) is 0 Å². The van der Waals surface area contributed by atoms with Crippen molar-refractivity contribution in [3.8, 4) is 5.75 Å². The molecular formula is C14H22N2O4S. The predicted octanol–water partition coefficient (Wildman–Crippen LogP) is 2.91. The summed E-state index contributed by atoms with van der Waals surface area (Å²) in [6.07, 6.45) is 2.67. The summed E-state index contributed by atoms with van der Waals surface area (Å²) in [6.45, 7) is 4.29. The van der Waals surface area contributed by atoms with Crippen LogP contribution in [0.3, 0.4) is 0 Å². The maximum absolute atomic E-state index is 11.3. The van der Waals surface area contributed by atoms with Crippen molar-refractivity contribution in [2.75, 3.05) is 30.5 Å². The molecule has 1 atom stereocenters. The second-order valence-electron chi connectivity index (χ2n) is 5.04. The first-order valence-corrected chi connectivity index (χ1v) is 8.16. The summed E-state index contributed by atoms with van der Waals surface area (Å²) in [5, 5.41) is 24.4. The fraction of sp³-hybridized carbons (Fsp3) is 0.571. The van der Waals surface area contributed by atoms with Crippen LogP contribution in [0.5, 0.6) is 5.75 Å². The van der Waals surface area contributed by atoms with Crippen molar-refractivity contribution in [2.45, 2.75) is 25.9 Å². The fourth-order valence-electron chi connectivity index (χ4n) is 1.83. The van der Waals surface area contributed by atoms with Crippen LogP contribution >= 0.6 is 11.8 Å². The second-order valence-corrected chi connectivity index (χ2v) is 5.91. The molecule has 1 aromatic carbocycles. The van der Waals surface area contributed by atoms with E-state index < -0.39 is 10.5 Å². The number of hydrogen-bond donors (Lipinski definition) is 2. The van der Waals surface area contributed by atoms with Gasteiger partial charge in [0.05, 0.1) is 17.1 Å². The number of para-hydroxylation sites is 1. The number of nitro benzene ring substituents is 1. The van der Waals surface area contributed by atoms with E-state index >= 15 is 0 Å². The van der Waals surface area contributed by atoms with Gasteiger partial charge in [0, 0.05) is 12.3 Å². The molecule has 6 nitrogen and oxygen atoms in total. The van der Waals surface area contributed by atoms with Gasteiger partial charge in [-0.05, 0) is 31.7 Å². The van der Waals surface area contributed by atoms with E-state index in [1.165, 1.54) is 11.8 Å². The van der Waals surface area contributed by atoms with Crippen LogP contribution in [0.25, 0.3) is 0 Å². The Bertz CT molecular complexity index is 480. The molecule has 0 spiro atoms. The van der Waals surface area contributed by atoms with Gasteiger partial charge in [0.1, 0.15) is 5.69 Å². The Kier molecular flexibility index (Phi) is 6.77. The lowest BCUT2D eigenvalue weighted by Crippen LogP contribution is -2.36. The highest BCUT2D eigenvalue weighted by atomic mass is 32.2. The van der Waals surface area contributed by atoms with Crippen LogP contribution in [0.2, 0.25) is 0 Å². The molecule has 0 aliphatic heterocycles. The molecule has 0 aliphatic rings. The third-order valence-corrected chi connectivity index (χ3v) is 3.67. The van der Waals surface area contributed by atoms with Gasteiger partial charge < -0.3 is 15.2 Å². The topological polar surface area (TPSA) is 84.6 Å². The Hall–Kier alpha value is -1.47. The predicted molar refractivity (Wildman–Crippen MR) is 86.4 cm³/mol. The zero-order valence-electron chi connectivity index (χ0n) is 12.6. The molecule has 0 saturated heterocycles. The summed E-state index contributed by atoms with van der Waals surface area (Å²) in [5.74, 6) is 0.788. The first kappa shape index (κ1) is 17.6. The lowest BCUT2D eigenvalue weighted by molar-refractivity contribution is -0.385. The van der Waals surface area contributed by atoms with Crippen LogP contribution in [0.4, 0.5) is 11.4 Å². The van der Waals surface area contributed by atoms with Crippen LogP contribution in [-0.4, -0.2) is 40.8 Å². The van der Waals surface area contributed by atoms with Gasteiger partial charge in [-0.15, -0.1) is 0 Å². The molecule has 0 amide bonds. The number of nitrogens with one attached hydrogen (secondary N) is 1. The van der Waals surface area contributed by atoms with Gasteiger partial charge in [-0.2, -0.15) is 11.8 Å². The third kappa shape index (κ3) is 5.43. The second kappa shape index (κ2) is 8.09. The maximum atomic E-state index is 11.3. The molecule has 0 aromatic heterocycles. The molecule has 0 heterocycles. The first-order chi connectivity index (χ1) is 9.91. The van der Waals surface area contributed by atoms with E-state index in [1.54, 1.807) is 25.1 Å². The zero-order chi connectivity index (χ0) is 15.9. The number of aliphatic hydroxyl groups is 1. The summed E-state index contributed by atoms with van der Waals surface area (Å²) < 4.78 is 5.42. The van der Waals surface area contributed by atoms with Crippen molar-refractivity contribution < 1.29 is 14.8 Å². The molecule has 0 fully saturated rings. The van der Waals surface area contributed by atoms with Gasteiger partial charge in [0.15, 0.2) is 5.75 Å². The lowest BCUT2D eigenvalue weighted by Gasteiger charge is -2.23. The quantitative estimate of drug-likeness (QED) is 0.538. The molecule has 1 unspecified atom stereocenters. The molecule has 0 bridgehead atoms. The molecule has 1 rings (SSSR count). The smallest absolute Gasteiger partial charge is 0.333 e. The summed E-state index contributed by atoms with van der Waals surface area (Å²) in [6, 6.07) is 4.90. The number of anilines is 1. The molecule has 21 heavy (non-hydrogen) atoms. The maximum Gasteiger partial charge on any atom is 0.333 e. The van der Waals surface area contributed by atoms with E-state index in [0.717, 1.165) is 6.42 Å². The normalized spacial score (nSPS) is 13.5. The highest BCUT2D eigenvalue weighted by Gasteiger charge is 2.24. The summed E-state index contributed by atoms with van der Waals surface area (Å²) in [7, 11) is 0. The van der Waals surface area contributed by atoms with Crippen LogP contribution in [0.1, 0.15) is 20.3 Å². The number of thioether (sulfide) groups is 1. The zero-order valence-corrected chi connectivity index (χ0v) is 13.4. The van der Waals surface area contributed by atoms with Crippen molar-refractivity contribution in [3.63, 3.8) is 0 Å². The van der Waals surface area contributed by atoms with E-state index in [9.17, 15) is 15.2 Å². The third-order valence-electron chi connectivity index (χ3n) is 2.76. The largest absolute Gasteiger partial charge is 0.487 e. The number of ether oxygens (including phenoxy) is 1. The standard InChI is InChI=1S/C14H22N2O4S/c1-4-8-20-12-7-5-6-11(13(12)16(18)19)15-9-14(2,17)10-21-3/h5-7,15,17H,4,8-10H2,1-3H3. The SMILES string of the molecule is CCCOc1cccc(NCC(C)(O)CSC)c1[N+](=O)[O-]. The molecule has 0 aliphatic carbocycles. The van der Waals surface area contributed by atoms with E-state index in [0.29, 0.717) is 18.0 Å². The highest BCUT2D eigenvalue weighted by molar-refractivity contribution is 7.98.